The van der Waals surface area contributed by atoms with Crippen LogP contribution in [0, 0.1) is 0 Å². The highest BCUT2D eigenvalue weighted by Gasteiger charge is 2.30. The molecule has 0 fully saturated rings. The van der Waals surface area contributed by atoms with Crippen molar-refractivity contribution in [3.8, 4) is 0 Å². The number of rotatable bonds is 2. The van der Waals surface area contributed by atoms with Gasteiger partial charge in [0.2, 0.25) is 0 Å². The standard InChI is InChI=1S/C14H10ClF3/c15-13-7-2-1-5-11(13)8-10-4-3-6-12(9-10)14(16,17)18/h1-7,9H,8H2. The highest BCUT2D eigenvalue weighted by Crippen LogP contribution is 2.30. The van der Waals surface area contributed by atoms with E-state index in [2.05, 4.69) is 0 Å². The quantitative estimate of drug-likeness (QED) is 0.724. The summed E-state index contributed by atoms with van der Waals surface area (Å²) >= 11 is 5.98. The van der Waals surface area contributed by atoms with Gasteiger partial charge in [-0.25, -0.2) is 0 Å². The summed E-state index contributed by atoms with van der Waals surface area (Å²) in [5.41, 5.74) is 0.781. The van der Waals surface area contributed by atoms with Crippen LogP contribution in [0.2, 0.25) is 5.02 Å². The van der Waals surface area contributed by atoms with Crippen LogP contribution in [0.4, 0.5) is 13.2 Å². The Hall–Kier alpha value is -1.48. The van der Waals surface area contributed by atoms with Gasteiger partial charge >= 0.3 is 6.18 Å². The molecular formula is C14H10ClF3. The first-order valence-corrected chi connectivity index (χ1v) is 5.74. The van der Waals surface area contributed by atoms with Gasteiger partial charge in [-0.3, -0.25) is 0 Å². The summed E-state index contributed by atoms with van der Waals surface area (Å²) in [5, 5.41) is 0.565. The number of halogens is 4. The van der Waals surface area contributed by atoms with Crippen LogP contribution >= 0.6 is 11.6 Å². The second-order valence-corrected chi connectivity index (χ2v) is 4.37. The second-order valence-electron chi connectivity index (χ2n) is 3.97. The van der Waals surface area contributed by atoms with Crippen LogP contribution in [0.15, 0.2) is 48.5 Å². The molecule has 0 aliphatic carbocycles. The van der Waals surface area contributed by atoms with E-state index in [4.69, 9.17) is 11.6 Å². The van der Waals surface area contributed by atoms with E-state index >= 15 is 0 Å². The second kappa shape index (κ2) is 5.02. The maximum Gasteiger partial charge on any atom is 0.416 e. The molecule has 0 saturated heterocycles. The first-order valence-electron chi connectivity index (χ1n) is 5.36. The van der Waals surface area contributed by atoms with Gasteiger partial charge < -0.3 is 0 Å². The summed E-state index contributed by atoms with van der Waals surface area (Å²) in [6, 6.07) is 12.4. The molecule has 0 amide bonds. The molecule has 94 valence electrons. The minimum Gasteiger partial charge on any atom is -0.166 e. The fourth-order valence-electron chi connectivity index (χ4n) is 1.72. The zero-order valence-electron chi connectivity index (χ0n) is 9.34. The molecule has 0 saturated carbocycles. The summed E-state index contributed by atoms with van der Waals surface area (Å²) in [7, 11) is 0. The number of hydrogen-bond acceptors (Lipinski definition) is 0. The fourth-order valence-corrected chi connectivity index (χ4v) is 1.92. The predicted octanol–water partition coefficient (Wildman–Crippen LogP) is 4.95. The van der Waals surface area contributed by atoms with Crippen molar-refractivity contribution in [2.75, 3.05) is 0 Å². The van der Waals surface area contributed by atoms with E-state index in [-0.39, 0.29) is 0 Å². The van der Waals surface area contributed by atoms with Crippen LogP contribution in [0.5, 0.6) is 0 Å². The molecule has 0 aromatic heterocycles. The monoisotopic (exact) mass is 270 g/mol. The molecule has 0 spiro atoms. The summed E-state index contributed by atoms with van der Waals surface area (Å²) in [5.74, 6) is 0. The molecular weight excluding hydrogens is 261 g/mol. The SMILES string of the molecule is FC(F)(F)c1cccc(Cc2ccccc2Cl)c1. The third kappa shape index (κ3) is 3.05. The Bertz CT molecular complexity index is 547. The van der Waals surface area contributed by atoms with E-state index < -0.39 is 11.7 Å². The topological polar surface area (TPSA) is 0 Å². The highest BCUT2D eigenvalue weighted by atomic mass is 35.5. The maximum atomic E-state index is 12.6. The lowest BCUT2D eigenvalue weighted by atomic mass is 10.0. The van der Waals surface area contributed by atoms with Crippen LogP contribution in [0.3, 0.4) is 0 Å². The molecule has 2 aromatic rings. The molecule has 0 heterocycles. The van der Waals surface area contributed by atoms with Gasteiger partial charge in [0.15, 0.2) is 0 Å². The van der Waals surface area contributed by atoms with Crippen molar-refractivity contribution in [1.29, 1.82) is 0 Å². The first kappa shape index (κ1) is 13.0. The molecule has 0 bridgehead atoms. The normalized spacial score (nSPS) is 11.6. The Morgan fingerprint density at radius 2 is 1.67 bits per heavy atom. The van der Waals surface area contributed by atoms with Crippen molar-refractivity contribution in [3.63, 3.8) is 0 Å². The summed E-state index contributed by atoms with van der Waals surface area (Å²) < 4.78 is 37.7. The largest absolute Gasteiger partial charge is 0.416 e. The van der Waals surface area contributed by atoms with Crippen molar-refractivity contribution in [1.82, 2.24) is 0 Å². The zero-order chi connectivity index (χ0) is 13.2. The molecule has 0 atom stereocenters. The molecule has 0 nitrogen and oxygen atoms in total. The van der Waals surface area contributed by atoms with Crippen LogP contribution in [-0.4, -0.2) is 0 Å². The Labute approximate surface area is 108 Å². The lowest BCUT2D eigenvalue weighted by Gasteiger charge is -2.09. The minimum atomic E-state index is -4.31. The molecule has 4 heteroatoms. The first-order chi connectivity index (χ1) is 8.47. The maximum absolute atomic E-state index is 12.6. The highest BCUT2D eigenvalue weighted by molar-refractivity contribution is 6.31. The summed E-state index contributed by atoms with van der Waals surface area (Å²) in [6.07, 6.45) is -3.92. The molecule has 2 aromatic carbocycles. The van der Waals surface area contributed by atoms with E-state index in [9.17, 15) is 13.2 Å². The Balaban J connectivity index is 2.28. The third-order valence-electron chi connectivity index (χ3n) is 2.61. The average molecular weight is 271 g/mol. The van der Waals surface area contributed by atoms with Gasteiger partial charge in [-0.1, -0.05) is 48.0 Å². The fraction of sp³-hybridized carbons (Fsp3) is 0.143. The molecule has 0 aliphatic heterocycles. The Morgan fingerprint density at radius 3 is 2.33 bits per heavy atom. The van der Waals surface area contributed by atoms with Crippen LogP contribution in [-0.2, 0) is 12.6 Å². The molecule has 0 aliphatic rings. The van der Waals surface area contributed by atoms with Crippen molar-refractivity contribution in [2.45, 2.75) is 12.6 Å². The Morgan fingerprint density at radius 1 is 0.944 bits per heavy atom. The number of alkyl halides is 3. The van der Waals surface area contributed by atoms with Gasteiger partial charge in [-0.2, -0.15) is 13.2 Å². The van der Waals surface area contributed by atoms with Crippen molar-refractivity contribution in [3.05, 3.63) is 70.2 Å². The summed E-state index contributed by atoms with van der Waals surface area (Å²) in [6.45, 7) is 0. The molecule has 2 rings (SSSR count). The van der Waals surface area contributed by atoms with E-state index in [1.165, 1.54) is 6.07 Å². The molecule has 0 unspecified atom stereocenters. The predicted molar refractivity (Wildman–Crippen MR) is 65.7 cm³/mol. The Kier molecular flexibility index (Phi) is 3.62. The lowest BCUT2D eigenvalue weighted by Crippen LogP contribution is -2.05. The van der Waals surface area contributed by atoms with E-state index in [0.717, 1.165) is 17.7 Å². The average Bonchev–Trinajstić information content (AvgIpc) is 2.31. The van der Waals surface area contributed by atoms with Gasteiger partial charge in [-0.15, -0.1) is 0 Å². The molecule has 0 N–H and O–H groups in total. The van der Waals surface area contributed by atoms with Crippen molar-refractivity contribution in [2.24, 2.45) is 0 Å². The van der Waals surface area contributed by atoms with Crippen LogP contribution < -0.4 is 0 Å². The van der Waals surface area contributed by atoms with E-state index in [1.807, 2.05) is 12.1 Å². The lowest BCUT2D eigenvalue weighted by molar-refractivity contribution is -0.137. The molecule has 0 radical (unpaired) electrons. The van der Waals surface area contributed by atoms with Gasteiger partial charge in [-0.05, 0) is 29.7 Å². The number of benzene rings is 2. The van der Waals surface area contributed by atoms with Gasteiger partial charge in [0.1, 0.15) is 0 Å². The zero-order valence-corrected chi connectivity index (χ0v) is 10.1. The van der Waals surface area contributed by atoms with Gasteiger partial charge in [0.05, 0.1) is 5.56 Å². The minimum absolute atomic E-state index is 0.392. The van der Waals surface area contributed by atoms with Gasteiger partial charge in [0.25, 0.3) is 0 Å². The van der Waals surface area contributed by atoms with Crippen molar-refractivity contribution < 1.29 is 13.2 Å². The van der Waals surface area contributed by atoms with Gasteiger partial charge in [0, 0.05) is 5.02 Å². The van der Waals surface area contributed by atoms with Crippen molar-refractivity contribution >= 4 is 11.6 Å². The van der Waals surface area contributed by atoms with Crippen LogP contribution in [0.1, 0.15) is 16.7 Å². The molecule has 18 heavy (non-hydrogen) atoms. The van der Waals surface area contributed by atoms with E-state index in [0.29, 0.717) is 17.0 Å². The third-order valence-corrected chi connectivity index (χ3v) is 2.98. The smallest absolute Gasteiger partial charge is 0.166 e. The van der Waals surface area contributed by atoms with Crippen LogP contribution in [0.25, 0.3) is 0 Å². The number of hydrogen-bond donors (Lipinski definition) is 0. The van der Waals surface area contributed by atoms with E-state index in [1.54, 1.807) is 18.2 Å². The summed E-state index contributed by atoms with van der Waals surface area (Å²) in [4.78, 5) is 0.